The van der Waals surface area contributed by atoms with E-state index < -0.39 is 11.6 Å². The van der Waals surface area contributed by atoms with Crippen LogP contribution in [0, 0.1) is 11.6 Å². The van der Waals surface area contributed by atoms with Gasteiger partial charge in [0.15, 0.2) is 0 Å². The first kappa shape index (κ1) is 11.1. The molecule has 1 rings (SSSR count). The van der Waals surface area contributed by atoms with E-state index in [1.165, 1.54) is 7.11 Å². The fourth-order valence-corrected chi connectivity index (χ4v) is 1.26. The van der Waals surface area contributed by atoms with Gasteiger partial charge in [0, 0.05) is 13.2 Å². The van der Waals surface area contributed by atoms with E-state index in [0.29, 0.717) is 6.61 Å². The Hall–Kier alpha value is -1.00. The van der Waals surface area contributed by atoms with Gasteiger partial charge in [-0.05, 0) is 30.2 Å². The van der Waals surface area contributed by atoms with Crippen LogP contribution in [0.25, 0.3) is 0 Å². The van der Waals surface area contributed by atoms with Crippen molar-refractivity contribution < 1.29 is 13.5 Å². The van der Waals surface area contributed by atoms with Gasteiger partial charge < -0.3 is 10.5 Å². The fourth-order valence-electron chi connectivity index (χ4n) is 1.26. The largest absolute Gasteiger partial charge is 0.383 e. The molecule has 0 radical (unpaired) electrons. The third-order valence-corrected chi connectivity index (χ3v) is 1.87. The summed E-state index contributed by atoms with van der Waals surface area (Å²) in [5.74, 6) is -0.885. The van der Waals surface area contributed by atoms with Gasteiger partial charge in [0.05, 0.1) is 6.61 Å². The monoisotopic (exact) mass is 201 g/mol. The minimum absolute atomic E-state index is 0.275. The highest BCUT2D eigenvalue weighted by atomic mass is 19.1. The molecule has 0 heterocycles. The van der Waals surface area contributed by atoms with Crippen molar-refractivity contribution >= 4 is 0 Å². The zero-order chi connectivity index (χ0) is 10.6. The van der Waals surface area contributed by atoms with E-state index in [0.717, 1.165) is 18.2 Å². The van der Waals surface area contributed by atoms with Crippen molar-refractivity contribution in [3.8, 4) is 0 Å². The summed E-state index contributed by atoms with van der Waals surface area (Å²) in [5.41, 5.74) is 5.91. The topological polar surface area (TPSA) is 35.2 Å². The van der Waals surface area contributed by atoms with Gasteiger partial charge in [0.1, 0.15) is 11.6 Å². The lowest BCUT2D eigenvalue weighted by molar-refractivity contribution is 0.179. The number of hydrogen-bond acceptors (Lipinski definition) is 2. The molecule has 0 fully saturated rings. The standard InChI is InChI=1S/C10H13F2NO/c1-14-6-9(13)5-7-4-8(11)2-3-10(7)12/h2-4,9H,5-6,13H2,1H3. The first-order valence-corrected chi connectivity index (χ1v) is 4.32. The molecular weight excluding hydrogens is 188 g/mol. The van der Waals surface area contributed by atoms with E-state index >= 15 is 0 Å². The van der Waals surface area contributed by atoms with Gasteiger partial charge in [-0.25, -0.2) is 8.78 Å². The minimum atomic E-state index is -0.453. The van der Waals surface area contributed by atoms with Crippen molar-refractivity contribution in [1.29, 1.82) is 0 Å². The molecule has 0 spiro atoms. The van der Waals surface area contributed by atoms with Gasteiger partial charge in [-0.1, -0.05) is 0 Å². The normalized spacial score (nSPS) is 12.9. The molecule has 0 aliphatic carbocycles. The summed E-state index contributed by atoms with van der Waals surface area (Å²) in [5, 5.41) is 0. The Kier molecular flexibility index (Phi) is 3.98. The van der Waals surface area contributed by atoms with Crippen molar-refractivity contribution in [2.75, 3.05) is 13.7 Å². The zero-order valence-electron chi connectivity index (χ0n) is 7.97. The molecule has 1 aromatic rings. The number of hydrogen-bond donors (Lipinski definition) is 1. The highest BCUT2D eigenvalue weighted by Crippen LogP contribution is 2.11. The third kappa shape index (κ3) is 3.05. The number of rotatable bonds is 4. The molecule has 2 nitrogen and oxygen atoms in total. The maximum absolute atomic E-state index is 13.1. The Morgan fingerprint density at radius 1 is 1.43 bits per heavy atom. The smallest absolute Gasteiger partial charge is 0.126 e. The highest BCUT2D eigenvalue weighted by Gasteiger charge is 2.08. The molecule has 14 heavy (non-hydrogen) atoms. The zero-order valence-corrected chi connectivity index (χ0v) is 7.97. The van der Waals surface area contributed by atoms with E-state index in [9.17, 15) is 8.78 Å². The van der Waals surface area contributed by atoms with Crippen molar-refractivity contribution in [2.45, 2.75) is 12.5 Å². The van der Waals surface area contributed by atoms with Crippen molar-refractivity contribution in [3.05, 3.63) is 35.4 Å². The maximum Gasteiger partial charge on any atom is 0.126 e. The Labute approximate surface area is 81.7 Å². The first-order valence-electron chi connectivity index (χ1n) is 4.32. The lowest BCUT2D eigenvalue weighted by Crippen LogP contribution is -2.28. The molecule has 1 aromatic carbocycles. The fraction of sp³-hybridized carbons (Fsp3) is 0.400. The Balaban J connectivity index is 2.70. The summed E-state index contributed by atoms with van der Waals surface area (Å²) >= 11 is 0. The molecule has 0 aromatic heterocycles. The van der Waals surface area contributed by atoms with E-state index in [1.807, 2.05) is 0 Å². The lowest BCUT2D eigenvalue weighted by Gasteiger charge is -2.10. The highest BCUT2D eigenvalue weighted by molar-refractivity contribution is 5.19. The van der Waals surface area contributed by atoms with Gasteiger partial charge in [-0.15, -0.1) is 0 Å². The van der Waals surface area contributed by atoms with Crippen LogP contribution in [0.2, 0.25) is 0 Å². The van der Waals surface area contributed by atoms with Gasteiger partial charge in [0.25, 0.3) is 0 Å². The molecule has 0 aliphatic heterocycles. The lowest BCUT2D eigenvalue weighted by atomic mass is 10.1. The molecule has 0 saturated carbocycles. The molecule has 1 atom stereocenters. The second-order valence-corrected chi connectivity index (χ2v) is 3.16. The summed E-state index contributed by atoms with van der Waals surface area (Å²) in [4.78, 5) is 0. The molecule has 4 heteroatoms. The Morgan fingerprint density at radius 3 is 2.79 bits per heavy atom. The molecule has 0 amide bonds. The number of benzene rings is 1. The van der Waals surface area contributed by atoms with Crippen LogP contribution in [0.5, 0.6) is 0 Å². The second kappa shape index (κ2) is 5.02. The van der Waals surface area contributed by atoms with Crippen LogP contribution in [-0.2, 0) is 11.2 Å². The van der Waals surface area contributed by atoms with Gasteiger partial charge >= 0.3 is 0 Å². The number of halogens is 2. The molecule has 0 bridgehead atoms. The predicted molar refractivity (Wildman–Crippen MR) is 49.9 cm³/mol. The van der Waals surface area contributed by atoms with Gasteiger partial charge in [-0.3, -0.25) is 0 Å². The summed E-state index contributed by atoms with van der Waals surface area (Å²) in [6.07, 6.45) is 0.275. The summed E-state index contributed by atoms with van der Waals surface area (Å²) < 4.78 is 30.7. The Bertz CT molecular complexity index is 304. The predicted octanol–water partition coefficient (Wildman–Crippen LogP) is 1.48. The number of nitrogens with two attached hydrogens (primary N) is 1. The summed E-state index contributed by atoms with van der Waals surface area (Å²) in [6.45, 7) is 0.329. The average Bonchev–Trinajstić information content (AvgIpc) is 2.12. The first-order chi connectivity index (χ1) is 6.63. The molecule has 1 unspecified atom stereocenters. The van der Waals surface area contributed by atoms with E-state index in [2.05, 4.69) is 0 Å². The van der Waals surface area contributed by atoms with Crippen molar-refractivity contribution in [1.82, 2.24) is 0 Å². The van der Waals surface area contributed by atoms with Crippen LogP contribution in [0.15, 0.2) is 18.2 Å². The van der Waals surface area contributed by atoms with E-state index in [4.69, 9.17) is 10.5 Å². The van der Waals surface area contributed by atoms with E-state index in [-0.39, 0.29) is 18.0 Å². The van der Waals surface area contributed by atoms with Gasteiger partial charge in [-0.2, -0.15) is 0 Å². The van der Waals surface area contributed by atoms with Crippen molar-refractivity contribution in [3.63, 3.8) is 0 Å². The van der Waals surface area contributed by atoms with Gasteiger partial charge in [0.2, 0.25) is 0 Å². The number of methoxy groups -OCH3 is 1. The third-order valence-electron chi connectivity index (χ3n) is 1.87. The summed E-state index contributed by atoms with van der Waals surface area (Å²) in [7, 11) is 1.52. The van der Waals surface area contributed by atoms with E-state index in [1.54, 1.807) is 0 Å². The SMILES string of the molecule is COCC(N)Cc1cc(F)ccc1F. The van der Waals surface area contributed by atoms with Crippen LogP contribution >= 0.6 is 0 Å². The van der Waals surface area contributed by atoms with Crippen LogP contribution in [-0.4, -0.2) is 19.8 Å². The molecular formula is C10H13F2NO. The molecule has 0 aliphatic rings. The van der Waals surface area contributed by atoms with Crippen LogP contribution in [0.3, 0.4) is 0 Å². The molecule has 78 valence electrons. The van der Waals surface area contributed by atoms with Crippen LogP contribution < -0.4 is 5.73 Å². The van der Waals surface area contributed by atoms with Crippen LogP contribution in [0.4, 0.5) is 8.78 Å². The average molecular weight is 201 g/mol. The Morgan fingerprint density at radius 2 is 2.14 bits per heavy atom. The molecule has 0 saturated heterocycles. The minimum Gasteiger partial charge on any atom is -0.383 e. The quantitative estimate of drug-likeness (QED) is 0.800. The van der Waals surface area contributed by atoms with Crippen molar-refractivity contribution in [2.24, 2.45) is 5.73 Å². The summed E-state index contributed by atoms with van der Waals surface area (Å²) in [6, 6.07) is 3.03. The number of ether oxygens (including phenoxy) is 1. The second-order valence-electron chi connectivity index (χ2n) is 3.16. The maximum atomic E-state index is 13.1. The van der Waals surface area contributed by atoms with Crippen LogP contribution in [0.1, 0.15) is 5.56 Å². The molecule has 2 N–H and O–H groups in total.